The largest absolute Gasteiger partial charge is 0.482 e. The number of carboxylic acid groups (broad SMARTS) is 1. The van der Waals surface area contributed by atoms with Gasteiger partial charge in [-0.1, -0.05) is 32.4 Å². The molecule has 1 aromatic carbocycles. The fourth-order valence-electron chi connectivity index (χ4n) is 3.41. The van der Waals surface area contributed by atoms with Gasteiger partial charge in [-0.3, -0.25) is 4.79 Å². The molecule has 1 aliphatic carbocycles. The molecule has 0 radical (unpaired) electrons. The van der Waals surface area contributed by atoms with Gasteiger partial charge in [0.25, 0.3) is 0 Å². The van der Waals surface area contributed by atoms with E-state index < -0.39 is 5.97 Å². The van der Waals surface area contributed by atoms with Crippen molar-refractivity contribution in [1.82, 2.24) is 4.90 Å². The topological polar surface area (TPSA) is 66.8 Å². The molecule has 1 unspecified atom stereocenters. The van der Waals surface area contributed by atoms with Gasteiger partial charge in [0.05, 0.1) is 0 Å². The van der Waals surface area contributed by atoms with Crippen molar-refractivity contribution in [2.24, 2.45) is 11.3 Å². The van der Waals surface area contributed by atoms with Gasteiger partial charge in [-0.15, -0.1) is 0 Å². The Hall–Kier alpha value is -2.04. The first kappa shape index (κ1) is 18.3. The van der Waals surface area contributed by atoms with Gasteiger partial charge in [-0.2, -0.15) is 0 Å². The molecule has 0 saturated heterocycles. The zero-order valence-electron chi connectivity index (χ0n) is 14.7. The lowest BCUT2D eigenvalue weighted by molar-refractivity contribution is -0.139. The molecule has 132 valence electrons. The van der Waals surface area contributed by atoms with Gasteiger partial charge < -0.3 is 14.7 Å². The van der Waals surface area contributed by atoms with Crippen LogP contribution in [0.15, 0.2) is 24.3 Å². The van der Waals surface area contributed by atoms with Crippen molar-refractivity contribution in [3.05, 3.63) is 29.8 Å². The first-order valence-corrected chi connectivity index (χ1v) is 8.45. The van der Waals surface area contributed by atoms with E-state index >= 15 is 0 Å². The number of nitrogens with zero attached hydrogens (tertiary/aromatic N) is 1. The molecule has 2 rings (SSSR count). The van der Waals surface area contributed by atoms with Crippen molar-refractivity contribution >= 4 is 11.9 Å². The van der Waals surface area contributed by atoms with Gasteiger partial charge in [0, 0.05) is 19.5 Å². The zero-order valence-corrected chi connectivity index (χ0v) is 14.7. The molecule has 0 aliphatic heterocycles. The van der Waals surface area contributed by atoms with E-state index in [-0.39, 0.29) is 23.8 Å². The maximum atomic E-state index is 12.7. The van der Waals surface area contributed by atoms with Crippen LogP contribution in [0.2, 0.25) is 0 Å². The van der Waals surface area contributed by atoms with Crippen molar-refractivity contribution in [2.75, 3.05) is 13.7 Å². The molecule has 5 nitrogen and oxygen atoms in total. The highest BCUT2D eigenvalue weighted by atomic mass is 16.5. The number of carbonyl (C=O) groups excluding carboxylic acids is 1. The first-order valence-electron chi connectivity index (χ1n) is 8.45. The molecular formula is C19H27NO4. The number of benzene rings is 1. The molecule has 1 N–H and O–H groups in total. The summed E-state index contributed by atoms with van der Waals surface area (Å²) in [4.78, 5) is 24.9. The van der Waals surface area contributed by atoms with E-state index in [2.05, 4.69) is 13.8 Å². The summed E-state index contributed by atoms with van der Waals surface area (Å²) in [5.41, 5.74) is 1.26. The molecule has 1 amide bonds. The summed E-state index contributed by atoms with van der Waals surface area (Å²) in [5, 5.41) is 8.60. The Labute approximate surface area is 143 Å². The van der Waals surface area contributed by atoms with Crippen LogP contribution in [-0.2, 0) is 16.1 Å². The Morgan fingerprint density at radius 1 is 1.29 bits per heavy atom. The van der Waals surface area contributed by atoms with E-state index in [9.17, 15) is 9.59 Å². The third-order valence-electron chi connectivity index (χ3n) is 4.64. The van der Waals surface area contributed by atoms with Gasteiger partial charge in [-0.25, -0.2) is 4.79 Å². The summed E-state index contributed by atoms with van der Waals surface area (Å²) in [5.74, 6) is -0.144. The second-order valence-corrected chi connectivity index (χ2v) is 7.48. The van der Waals surface area contributed by atoms with Crippen molar-refractivity contribution in [3.63, 3.8) is 0 Å². The van der Waals surface area contributed by atoms with Crippen LogP contribution in [0.3, 0.4) is 0 Å². The van der Waals surface area contributed by atoms with Crippen LogP contribution in [0.5, 0.6) is 5.75 Å². The highest BCUT2D eigenvalue weighted by molar-refractivity contribution is 5.78. The van der Waals surface area contributed by atoms with Crippen LogP contribution in [0.1, 0.15) is 45.1 Å². The lowest BCUT2D eigenvalue weighted by atomic mass is 9.72. The van der Waals surface area contributed by atoms with Crippen molar-refractivity contribution in [2.45, 2.75) is 46.1 Å². The van der Waals surface area contributed by atoms with E-state index in [1.165, 1.54) is 6.42 Å². The molecule has 1 aliphatic rings. The molecule has 0 aromatic heterocycles. The van der Waals surface area contributed by atoms with E-state index in [4.69, 9.17) is 9.84 Å². The quantitative estimate of drug-likeness (QED) is 0.867. The maximum Gasteiger partial charge on any atom is 0.341 e. The smallest absolute Gasteiger partial charge is 0.341 e. The minimum atomic E-state index is -1.00. The Morgan fingerprint density at radius 3 is 2.54 bits per heavy atom. The van der Waals surface area contributed by atoms with Gasteiger partial charge in [0.1, 0.15) is 5.75 Å². The number of hydrogen-bond donors (Lipinski definition) is 1. The van der Waals surface area contributed by atoms with Crippen molar-refractivity contribution in [1.29, 1.82) is 0 Å². The van der Waals surface area contributed by atoms with E-state index in [0.29, 0.717) is 12.3 Å². The normalized spacial score (nSPS) is 19.5. The highest BCUT2D eigenvalue weighted by Crippen LogP contribution is 2.39. The maximum absolute atomic E-state index is 12.7. The third-order valence-corrected chi connectivity index (χ3v) is 4.64. The Bertz CT molecular complexity index is 580. The lowest BCUT2D eigenvalue weighted by Crippen LogP contribution is -2.37. The molecule has 24 heavy (non-hydrogen) atoms. The van der Waals surface area contributed by atoms with Crippen LogP contribution < -0.4 is 4.74 Å². The molecule has 1 fully saturated rings. The summed E-state index contributed by atoms with van der Waals surface area (Å²) in [6.07, 6.45) is 4.25. The van der Waals surface area contributed by atoms with Crippen LogP contribution in [0.25, 0.3) is 0 Å². The van der Waals surface area contributed by atoms with Gasteiger partial charge in [-0.05, 0) is 42.4 Å². The minimum Gasteiger partial charge on any atom is -0.482 e. The second-order valence-electron chi connectivity index (χ2n) is 7.48. The SMILES string of the molecule is CN(Cc1ccc(OCC(=O)O)cc1)C(=O)C1CCCC(C)(C)C1. The summed E-state index contributed by atoms with van der Waals surface area (Å²) in [6, 6.07) is 7.21. The lowest BCUT2D eigenvalue weighted by Gasteiger charge is -2.36. The Morgan fingerprint density at radius 2 is 1.96 bits per heavy atom. The number of hydrogen-bond acceptors (Lipinski definition) is 3. The molecule has 0 heterocycles. The van der Waals surface area contributed by atoms with Gasteiger partial charge >= 0.3 is 5.97 Å². The summed E-state index contributed by atoms with van der Waals surface area (Å²) < 4.78 is 5.11. The zero-order chi connectivity index (χ0) is 17.7. The number of carboxylic acids is 1. The molecule has 1 aromatic rings. The van der Waals surface area contributed by atoms with Crippen LogP contribution in [0.4, 0.5) is 0 Å². The average Bonchev–Trinajstić information content (AvgIpc) is 2.52. The van der Waals surface area contributed by atoms with Crippen LogP contribution in [0, 0.1) is 11.3 Å². The molecule has 1 saturated carbocycles. The predicted octanol–water partition coefficient (Wildman–Crippen LogP) is 3.32. The highest BCUT2D eigenvalue weighted by Gasteiger charge is 2.33. The van der Waals surface area contributed by atoms with Crippen LogP contribution in [-0.4, -0.2) is 35.5 Å². The number of rotatable bonds is 6. The Kier molecular flexibility index (Phi) is 5.86. The Balaban J connectivity index is 1.90. The van der Waals surface area contributed by atoms with E-state index in [1.807, 2.05) is 19.2 Å². The standard InChI is InChI=1S/C19H27NO4/c1-19(2)10-4-5-15(11-19)18(23)20(3)12-14-6-8-16(9-7-14)24-13-17(21)22/h6-9,15H,4-5,10-13H2,1-3H3,(H,21,22). The molecule has 5 heteroatoms. The number of carbonyl (C=O) groups is 2. The van der Waals surface area contributed by atoms with Crippen molar-refractivity contribution < 1.29 is 19.4 Å². The van der Waals surface area contributed by atoms with E-state index in [0.717, 1.165) is 24.8 Å². The molecule has 1 atom stereocenters. The minimum absolute atomic E-state index is 0.122. The first-order chi connectivity index (χ1) is 11.3. The van der Waals surface area contributed by atoms with Gasteiger partial charge in [0.15, 0.2) is 6.61 Å². The monoisotopic (exact) mass is 333 g/mol. The molecule has 0 spiro atoms. The van der Waals surface area contributed by atoms with E-state index in [1.54, 1.807) is 17.0 Å². The van der Waals surface area contributed by atoms with Crippen LogP contribution >= 0.6 is 0 Å². The number of ether oxygens (including phenoxy) is 1. The van der Waals surface area contributed by atoms with Crippen molar-refractivity contribution in [3.8, 4) is 5.75 Å². The summed E-state index contributed by atoms with van der Waals surface area (Å²) >= 11 is 0. The molecule has 0 bridgehead atoms. The molecular weight excluding hydrogens is 306 g/mol. The number of aliphatic carboxylic acids is 1. The fourth-order valence-corrected chi connectivity index (χ4v) is 3.41. The summed E-state index contributed by atoms with van der Waals surface area (Å²) in [7, 11) is 1.85. The average molecular weight is 333 g/mol. The van der Waals surface area contributed by atoms with Gasteiger partial charge in [0.2, 0.25) is 5.91 Å². The fraction of sp³-hybridized carbons (Fsp3) is 0.579. The number of amides is 1. The summed E-state index contributed by atoms with van der Waals surface area (Å²) in [6.45, 7) is 4.68. The second kappa shape index (κ2) is 7.69. The third kappa shape index (κ3) is 5.25. The predicted molar refractivity (Wildman–Crippen MR) is 91.8 cm³/mol.